The zero-order valence-electron chi connectivity index (χ0n) is 9.66. The van der Waals surface area contributed by atoms with Gasteiger partial charge in [0.1, 0.15) is 5.82 Å². The molecule has 0 spiro atoms. The number of esters is 1. The quantitative estimate of drug-likeness (QED) is 0.754. The molecule has 94 valence electrons. The van der Waals surface area contributed by atoms with Gasteiger partial charge in [0.25, 0.3) is 0 Å². The maximum absolute atomic E-state index is 11.2. The number of aromatic nitrogens is 4. The zero-order valence-corrected chi connectivity index (χ0v) is 9.66. The molecule has 0 aliphatic carbocycles. The lowest BCUT2D eigenvalue weighted by atomic mass is 10.4. The van der Waals surface area contributed by atoms with Crippen LogP contribution in [-0.2, 0) is 11.2 Å². The molecular weight excluding hydrogens is 238 g/mol. The lowest BCUT2D eigenvalue weighted by Crippen LogP contribution is -2.11. The number of ether oxygens (including phenoxy) is 1. The molecule has 0 bridgehead atoms. The van der Waals surface area contributed by atoms with Gasteiger partial charge in [0.15, 0.2) is 5.82 Å². The molecule has 0 aromatic carbocycles. The van der Waals surface area contributed by atoms with E-state index >= 15 is 0 Å². The Morgan fingerprint density at radius 1 is 1.50 bits per heavy atom. The van der Waals surface area contributed by atoms with Gasteiger partial charge in [-0.3, -0.25) is 0 Å². The van der Waals surface area contributed by atoms with E-state index in [0.717, 1.165) is 0 Å². The fraction of sp³-hybridized carbons (Fsp3) is 0.300. The Morgan fingerprint density at radius 3 is 3.11 bits per heavy atom. The molecule has 0 aliphatic heterocycles. The normalized spacial score (nSPS) is 10.1. The van der Waals surface area contributed by atoms with Gasteiger partial charge in [-0.1, -0.05) is 5.16 Å². The number of carbonyl (C=O) groups is 1. The summed E-state index contributed by atoms with van der Waals surface area (Å²) in [5.74, 6) is 0.581. The van der Waals surface area contributed by atoms with Crippen LogP contribution in [0.3, 0.4) is 0 Å². The molecule has 2 aromatic heterocycles. The van der Waals surface area contributed by atoms with E-state index in [1.807, 2.05) is 0 Å². The number of hydrogen-bond acceptors (Lipinski definition) is 8. The minimum atomic E-state index is -0.572. The summed E-state index contributed by atoms with van der Waals surface area (Å²) in [6.45, 7) is 0.567. The highest BCUT2D eigenvalue weighted by molar-refractivity contribution is 5.85. The number of rotatable bonds is 5. The summed E-state index contributed by atoms with van der Waals surface area (Å²) in [6.07, 6.45) is 3.35. The highest BCUT2D eigenvalue weighted by Gasteiger charge is 2.09. The summed E-state index contributed by atoms with van der Waals surface area (Å²) in [7, 11) is 1.28. The van der Waals surface area contributed by atoms with Gasteiger partial charge in [-0.25, -0.2) is 14.8 Å². The molecule has 2 heterocycles. The van der Waals surface area contributed by atoms with Crippen molar-refractivity contribution in [1.29, 1.82) is 0 Å². The van der Waals surface area contributed by atoms with Gasteiger partial charge in [-0.15, -0.1) is 0 Å². The molecule has 18 heavy (non-hydrogen) atoms. The molecule has 2 aromatic rings. The van der Waals surface area contributed by atoms with Crippen LogP contribution in [-0.4, -0.2) is 39.7 Å². The molecule has 0 unspecified atom stereocenters. The minimum Gasteiger partial charge on any atom is -0.463 e. The number of carbonyl (C=O) groups excluding carboxylic acids is 1. The summed E-state index contributed by atoms with van der Waals surface area (Å²) in [5, 5.41) is 6.70. The first-order valence-corrected chi connectivity index (χ1v) is 5.20. The van der Waals surface area contributed by atoms with Crippen LogP contribution in [0.15, 0.2) is 23.2 Å². The van der Waals surface area contributed by atoms with E-state index < -0.39 is 5.97 Å². The molecule has 0 radical (unpaired) electrons. The largest absolute Gasteiger partial charge is 0.463 e. The Balaban J connectivity index is 1.91. The van der Waals surface area contributed by atoms with E-state index in [4.69, 9.17) is 0 Å². The van der Waals surface area contributed by atoms with Crippen molar-refractivity contribution in [2.24, 2.45) is 0 Å². The summed E-state index contributed by atoms with van der Waals surface area (Å²) < 4.78 is 9.14. The average Bonchev–Trinajstić information content (AvgIpc) is 2.91. The fourth-order valence-electron chi connectivity index (χ4n) is 1.25. The first-order valence-electron chi connectivity index (χ1n) is 5.20. The number of methoxy groups -OCH3 is 1. The van der Waals surface area contributed by atoms with Gasteiger partial charge in [0.2, 0.25) is 12.2 Å². The number of nitrogens with one attached hydrogen (secondary N) is 1. The average molecular weight is 249 g/mol. The van der Waals surface area contributed by atoms with Crippen molar-refractivity contribution in [3.63, 3.8) is 0 Å². The van der Waals surface area contributed by atoms with Crippen LogP contribution in [0.4, 0.5) is 5.82 Å². The highest BCUT2D eigenvalue weighted by Crippen LogP contribution is 2.03. The fourth-order valence-corrected chi connectivity index (χ4v) is 1.25. The summed E-state index contributed by atoms with van der Waals surface area (Å²) in [4.78, 5) is 22.9. The van der Waals surface area contributed by atoms with Crippen molar-refractivity contribution < 1.29 is 14.1 Å². The van der Waals surface area contributed by atoms with Gasteiger partial charge < -0.3 is 14.6 Å². The molecule has 0 aliphatic rings. The molecule has 0 fully saturated rings. The van der Waals surface area contributed by atoms with Crippen molar-refractivity contribution in [1.82, 2.24) is 20.1 Å². The standard InChI is InChI=1S/C10H11N5O3/c1-17-10(16)9-12-5-2-7(14-9)11-4-3-8-13-6-18-15-8/h2,5-6H,3-4H2,1H3,(H,11,12,14). The Labute approximate surface area is 102 Å². The molecule has 0 saturated carbocycles. The topological polar surface area (TPSA) is 103 Å². The van der Waals surface area contributed by atoms with Crippen LogP contribution < -0.4 is 5.32 Å². The molecule has 8 nitrogen and oxygen atoms in total. The maximum Gasteiger partial charge on any atom is 0.376 e. The molecule has 0 amide bonds. The second kappa shape index (κ2) is 5.71. The molecule has 0 saturated heterocycles. The predicted molar refractivity (Wildman–Crippen MR) is 59.9 cm³/mol. The summed E-state index contributed by atoms with van der Waals surface area (Å²) in [6, 6.07) is 1.66. The van der Waals surface area contributed by atoms with Crippen LogP contribution in [0.2, 0.25) is 0 Å². The van der Waals surface area contributed by atoms with Gasteiger partial charge in [0.05, 0.1) is 7.11 Å². The number of anilines is 1. The third-order valence-electron chi connectivity index (χ3n) is 2.09. The predicted octanol–water partition coefficient (Wildman–Crippen LogP) is 0.301. The van der Waals surface area contributed by atoms with E-state index in [0.29, 0.717) is 24.6 Å². The lowest BCUT2D eigenvalue weighted by Gasteiger charge is -2.04. The molecular formula is C10H11N5O3. The molecule has 2 rings (SSSR count). The number of hydrogen-bond donors (Lipinski definition) is 1. The van der Waals surface area contributed by atoms with E-state index in [1.54, 1.807) is 6.07 Å². The van der Waals surface area contributed by atoms with Gasteiger partial charge >= 0.3 is 5.97 Å². The summed E-state index contributed by atoms with van der Waals surface area (Å²) in [5.41, 5.74) is 0. The zero-order chi connectivity index (χ0) is 12.8. The number of nitrogens with zero attached hydrogens (tertiary/aromatic N) is 4. The molecule has 0 atom stereocenters. The maximum atomic E-state index is 11.2. The van der Waals surface area contributed by atoms with E-state index in [-0.39, 0.29) is 5.82 Å². The second-order valence-electron chi connectivity index (χ2n) is 3.28. The summed E-state index contributed by atoms with van der Waals surface area (Å²) >= 11 is 0. The van der Waals surface area contributed by atoms with Gasteiger partial charge in [-0.2, -0.15) is 4.98 Å². The second-order valence-corrected chi connectivity index (χ2v) is 3.28. The van der Waals surface area contributed by atoms with Gasteiger partial charge in [-0.05, 0) is 6.07 Å². The van der Waals surface area contributed by atoms with Crippen molar-refractivity contribution >= 4 is 11.8 Å². The highest BCUT2D eigenvalue weighted by atomic mass is 16.5. The van der Waals surface area contributed by atoms with Gasteiger partial charge in [0, 0.05) is 19.2 Å². The first kappa shape index (κ1) is 12.0. The molecule has 1 N–H and O–H groups in total. The first-order chi connectivity index (χ1) is 8.79. The third-order valence-corrected chi connectivity index (χ3v) is 2.09. The Bertz CT molecular complexity index is 514. The van der Waals surface area contributed by atoms with Crippen LogP contribution >= 0.6 is 0 Å². The van der Waals surface area contributed by atoms with Crippen molar-refractivity contribution in [3.05, 3.63) is 30.3 Å². The van der Waals surface area contributed by atoms with E-state index in [2.05, 4.69) is 34.7 Å². The lowest BCUT2D eigenvalue weighted by molar-refractivity contribution is 0.0587. The van der Waals surface area contributed by atoms with Crippen LogP contribution in [0.25, 0.3) is 0 Å². The van der Waals surface area contributed by atoms with Crippen molar-refractivity contribution in [3.8, 4) is 0 Å². The third kappa shape index (κ3) is 3.00. The van der Waals surface area contributed by atoms with Crippen LogP contribution in [0, 0.1) is 0 Å². The Hall–Kier alpha value is -2.51. The monoisotopic (exact) mass is 249 g/mol. The van der Waals surface area contributed by atoms with E-state index in [1.165, 1.54) is 19.7 Å². The Morgan fingerprint density at radius 2 is 2.39 bits per heavy atom. The van der Waals surface area contributed by atoms with Crippen LogP contribution in [0.5, 0.6) is 0 Å². The van der Waals surface area contributed by atoms with Crippen LogP contribution in [0.1, 0.15) is 16.4 Å². The van der Waals surface area contributed by atoms with E-state index in [9.17, 15) is 4.79 Å². The smallest absolute Gasteiger partial charge is 0.376 e. The molecule has 8 heteroatoms. The van der Waals surface area contributed by atoms with Crippen molar-refractivity contribution in [2.45, 2.75) is 6.42 Å². The Kier molecular flexibility index (Phi) is 3.79. The minimum absolute atomic E-state index is 0.0158. The van der Waals surface area contributed by atoms with Crippen molar-refractivity contribution in [2.75, 3.05) is 19.0 Å². The SMILES string of the molecule is COC(=O)c1nccc(NCCc2ncon2)n1.